The Kier molecular flexibility index (Phi) is 5.54. The van der Waals surface area contributed by atoms with Crippen molar-refractivity contribution in [3.63, 3.8) is 0 Å². The summed E-state index contributed by atoms with van der Waals surface area (Å²) in [5, 5.41) is 3.69. The zero-order valence-electron chi connectivity index (χ0n) is 12.5. The summed E-state index contributed by atoms with van der Waals surface area (Å²) in [4.78, 5) is 10.5. The van der Waals surface area contributed by atoms with Crippen molar-refractivity contribution in [2.24, 2.45) is 10.8 Å². The topological polar surface area (TPSA) is 76.7 Å². The molecule has 0 aliphatic heterocycles. The van der Waals surface area contributed by atoms with Crippen LogP contribution in [0.25, 0.3) is 0 Å². The van der Waals surface area contributed by atoms with Gasteiger partial charge in [-0.15, -0.1) is 0 Å². The number of hydrogen-bond donors (Lipinski definition) is 2. The number of benzene rings is 2. The van der Waals surface area contributed by atoms with Gasteiger partial charge in [-0.3, -0.25) is 0 Å². The van der Waals surface area contributed by atoms with E-state index >= 15 is 0 Å². The minimum absolute atomic E-state index is 0.692. The number of hydrazone groups is 1. The van der Waals surface area contributed by atoms with Crippen molar-refractivity contribution in [2.45, 2.75) is 19.8 Å². The predicted octanol–water partition coefficient (Wildman–Crippen LogP) is 3.43. The highest BCUT2D eigenvalue weighted by Crippen LogP contribution is 2.22. The number of amides is 2. The molecular weight excluding hydrogens is 278 g/mol. The summed E-state index contributed by atoms with van der Waals surface area (Å²) in [6.07, 6.45) is 3.72. The molecule has 0 spiro atoms. The fraction of sp³-hybridized carbons (Fsp3) is 0.176. The minimum atomic E-state index is -0.692. The van der Waals surface area contributed by atoms with Gasteiger partial charge in [0.25, 0.3) is 0 Å². The van der Waals surface area contributed by atoms with Gasteiger partial charge in [-0.1, -0.05) is 25.5 Å². The van der Waals surface area contributed by atoms with E-state index in [0.29, 0.717) is 0 Å². The number of nitrogens with one attached hydrogen (secondary N) is 1. The molecular formula is C17H19N3O2. The van der Waals surface area contributed by atoms with E-state index in [1.807, 2.05) is 36.4 Å². The lowest BCUT2D eigenvalue weighted by atomic mass is 10.1. The molecule has 2 aromatic rings. The third kappa shape index (κ3) is 4.94. The van der Waals surface area contributed by atoms with Crippen molar-refractivity contribution in [1.82, 2.24) is 5.43 Å². The van der Waals surface area contributed by atoms with Crippen LogP contribution in [0.15, 0.2) is 53.6 Å². The van der Waals surface area contributed by atoms with E-state index in [2.05, 4.69) is 29.6 Å². The first kappa shape index (κ1) is 15.6. The van der Waals surface area contributed by atoms with E-state index in [1.54, 1.807) is 0 Å². The lowest BCUT2D eigenvalue weighted by Crippen LogP contribution is -2.24. The van der Waals surface area contributed by atoms with Gasteiger partial charge in [-0.2, -0.15) is 5.10 Å². The van der Waals surface area contributed by atoms with Crippen molar-refractivity contribution >= 4 is 12.2 Å². The molecule has 0 atom stereocenters. The summed E-state index contributed by atoms with van der Waals surface area (Å²) in [5.41, 5.74) is 9.19. The molecule has 0 aliphatic carbocycles. The van der Waals surface area contributed by atoms with Gasteiger partial charge in [0, 0.05) is 0 Å². The number of ether oxygens (including phenoxy) is 1. The summed E-state index contributed by atoms with van der Waals surface area (Å²) in [5.74, 6) is 1.54. The number of hydrogen-bond acceptors (Lipinski definition) is 3. The number of carbonyl (C=O) groups is 1. The normalized spacial score (nSPS) is 10.6. The van der Waals surface area contributed by atoms with E-state index in [4.69, 9.17) is 10.5 Å². The van der Waals surface area contributed by atoms with Gasteiger partial charge in [-0.25, -0.2) is 10.2 Å². The maximum atomic E-state index is 10.5. The Bertz CT molecular complexity index is 634. The second kappa shape index (κ2) is 7.83. The SMILES string of the molecule is CCCc1ccc(Oc2ccc(/C=N/NC(N)=O)cc2)cc1. The van der Waals surface area contributed by atoms with E-state index in [9.17, 15) is 4.79 Å². The number of carbonyl (C=O) groups excluding carboxylic acids is 1. The van der Waals surface area contributed by atoms with Gasteiger partial charge >= 0.3 is 6.03 Å². The van der Waals surface area contributed by atoms with E-state index in [-0.39, 0.29) is 0 Å². The Morgan fingerprint density at radius 3 is 2.27 bits per heavy atom. The molecule has 114 valence electrons. The van der Waals surface area contributed by atoms with Crippen molar-refractivity contribution in [3.8, 4) is 11.5 Å². The molecule has 0 radical (unpaired) electrons. The van der Waals surface area contributed by atoms with Crippen LogP contribution >= 0.6 is 0 Å². The molecule has 2 aromatic carbocycles. The van der Waals surface area contributed by atoms with Crippen molar-refractivity contribution in [2.75, 3.05) is 0 Å². The van der Waals surface area contributed by atoms with E-state index in [0.717, 1.165) is 29.9 Å². The van der Waals surface area contributed by atoms with Crippen LogP contribution in [0.5, 0.6) is 11.5 Å². The van der Waals surface area contributed by atoms with Crippen LogP contribution in [0.2, 0.25) is 0 Å². The Hall–Kier alpha value is -2.82. The number of urea groups is 1. The molecule has 0 bridgehead atoms. The van der Waals surface area contributed by atoms with Gasteiger partial charge < -0.3 is 10.5 Å². The molecule has 0 saturated carbocycles. The average molecular weight is 297 g/mol. The van der Waals surface area contributed by atoms with Crippen molar-refractivity contribution < 1.29 is 9.53 Å². The maximum absolute atomic E-state index is 10.5. The molecule has 2 rings (SSSR count). The van der Waals surface area contributed by atoms with Gasteiger partial charge in [0.05, 0.1) is 6.21 Å². The van der Waals surface area contributed by atoms with Crippen LogP contribution < -0.4 is 15.9 Å². The first-order valence-corrected chi connectivity index (χ1v) is 7.12. The van der Waals surface area contributed by atoms with Crippen LogP contribution in [0.4, 0.5) is 4.79 Å². The first-order valence-electron chi connectivity index (χ1n) is 7.12. The molecule has 0 unspecified atom stereocenters. The average Bonchev–Trinajstić information content (AvgIpc) is 2.51. The van der Waals surface area contributed by atoms with Crippen LogP contribution in [0.1, 0.15) is 24.5 Å². The second-order valence-corrected chi connectivity index (χ2v) is 4.80. The lowest BCUT2D eigenvalue weighted by molar-refractivity contribution is 0.249. The summed E-state index contributed by atoms with van der Waals surface area (Å²) >= 11 is 0. The summed E-state index contributed by atoms with van der Waals surface area (Å²) in [6.45, 7) is 2.16. The van der Waals surface area contributed by atoms with Gasteiger partial charge in [-0.05, 0) is 53.9 Å². The fourth-order valence-corrected chi connectivity index (χ4v) is 1.94. The third-order valence-electron chi connectivity index (χ3n) is 2.97. The smallest absolute Gasteiger partial charge is 0.332 e. The molecule has 0 aromatic heterocycles. The third-order valence-corrected chi connectivity index (χ3v) is 2.97. The minimum Gasteiger partial charge on any atom is -0.457 e. The van der Waals surface area contributed by atoms with Crippen LogP contribution in [0, 0.1) is 0 Å². The monoisotopic (exact) mass is 297 g/mol. The molecule has 0 fully saturated rings. The van der Waals surface area contributed by atoms with Crippen LogP contribution in [0.3, 0.4) is 0 Å². The van der Waals surface area contributed by atoms with Crippen LogP contribution in [-0.4, -0.2) is 12.2 Å². The molecule has 5 nitrogen and oxygen atoms in total. The number of nitrogens with two attached hydrogens (primary N) is 1. The zero-order chi connectivity index (χ0) is 15.8. The Morgan fingerprint density at radius 2 is 1.73 bits per heavy atom. The molecule has 3 N–H and O–H groups in total. The summed E-state index contributed by atoms with van der Waals surface area (Å²) in [7, 11) is 0. The zero-order valence-corrected chi connectivity index (χ0v) is 12.5. The Morgan fingerprint density at radius 1 is 1.14 bits per heavy atom. The highest BCUT2D eigenvalue weighted by molar-refractivity contribution is 5.81. The largest absolute Gasteiger partial charge is 0.457 e. The quantitative estimate of drug-likeness (QED) is 0.633. The standard InChI is InChI=1S/C17H19N3O2/c1-2-3-13-4-8-15(9-5-13)22-16-10-6-14(7-11-16)12-19-20-17(18)21/h4-12H,2-3H2,1H3,(H3,18,20,21)/b19-12+. The Balaban J connectivity index is 1.95. The number of aryl methyl sites for hydroxylation is 1. The molecule has 22 heavy (non-hydrogen) atoms. The van der Waals surface area contributed by atoms with Crippen LogP contribution in [-0.2, 0) is 6.42 Å². The highest BCUT2D eigenvalue weighted by atomic mass is 16.5. The summed E-state index contributed by atoms with van der Waals surface area (Å²) < 4.78 is 5.77. The number of primary amides is 1. The predicted molar refractivity (Wildman–Crippen MR) is 87.3 cm³/mol. The molecule has 0 heterocycles. The molecule has 2 amide bonds. The number of rotatable bonds is 6. The number of nitrogens with zero attached hydrogens (tertiary/aromatic N) is 1. The maximum Gasteiger partial charge on any atom is 0.332 e. The molecule has 0 aliphatic rings. The molecule has 5 heteroatoms. The van der Waals surface area contributed by atoms with Crippen molar-refractivity contribution in [3.05, 3.63) is 59.7 Å². The second-order valence-electron chi connectivity index (χ2n) is 4.80. The first-order chi connectivity index (χ1) is 10.7. The fourth-order valence-electron chi connectivity index (χ4n) is 1.94. The highest BCUT2D eigenvalue weighted by Gasteiger charge is 1.98. The van der Waals surface area contributed by atoms with Crippen molar-refractivity contribution in [1.29, 1.82) is 0 Å². The Labute approximate surface area is 129 Å². The van der Waals surface area contributed by atoms with E-state index < -0.39 is 6.03 Å². The summed E-state index contributed by atoms with van der Waals surface area (Å²) in [6, 6.07) is 14.8. The lowest BCUT2D eigenvalue weighted by Gasteiger charge is -2.07. The van der Waals surface area contributed by atoms with Gasteiger partial charge in [0.15, 0.2) is 0 Å². The van der Waals surface area contributed by atoms with E-state index in [1.165, 1.54) is 11.8 Å². The van der Waals surface area contributed by atoms with Gasteiger partial charge in [0.1, 0.15) is 11.5 Å². The van der Waals surface area contributed by atoms with Gasteiger partial charge in [0.2, 0.25) is 0 Å². The molecule has 0 saturated heterocycles.